The largest absolute Gasteiger partial charge is 0.385 e. The Morgan fingerprint density at radius 3 is 1.04 bits per heavy atom. The normalized spacial score (nSPS) is 10.7. The van der Waals surface area contributed by atoms with Gasteiger partial charge in [-0.3, -0.25) is 0 Å². The molecule has 0 radical (unpaired) electrons. The number of carbonyl (C=O) groups is 2. The lowest BCUT2D eigenvalue weighted by molar-refractivity contribution is 0.0381. The zero-order valence-electron chi connectivity index (χ0n) is 11.4. The molecule has 0 N–H and O–H groups in total. The highest BCUT2D eigenvalue weighted by atomic mass is 19.2. The molecule has 0 aliphatic rings. The van der Waals surface area contributed by atoms with E-state index in [1.807, 2.05) is 0 Å². The number of halogens is 8. The van der Waals surface area contributed by atoms with E-state index in [2.05, 4.69) is 4.74 Å². The van der Waals surface area contributed by atoms with Crippen LogP contribution in [0.15, 0.2) is 12.1 Å². The van der Waals surface area contributed by atoms with Gasteiger partial charge < -0.3 is 4.74 Å². The Bertz CT molecular complexity index is 784. The molecule has 25 heavy (non-hydrogen) atoms. The molecule has 0 saturated heterocycles. The van der Waals surface area contributed by atoms with E-state index in [-0.39, 0.29) is 12.1 Å². The van der Waals surface area contributed by atoms with E-state index in [9.17, 15) is 44.7 Å². The molecule has 11 heteroatoms. The lowest BCUT2D eigenvalue weighted by Gasteiger charge is -2.08. The van der Waals surface area contributed by atoms with Crippen LogP contribution >= 0.6 is 0 Å². The minimum Gasteiger partial charge on any atom is -0.385 e. The molecule has 0 heterocycles. The summed E-state index contributed by atoms with van der Waals surface area (Å²) in [5.74, 6) is -22.0. The molecule has 0 saturated carbocycles. The average molecular weight is 370 g/mol. The van der Waals surface area contributed by atoms with Gasteiger partial charge in [-0.1, -0.05) is 0 Å². The number of esters is 2. The van der Waals surface area contributed by atoms with Crippen molar-refractivity contribution in [2.45, 2.75) is 0 Å². The Morgan fingerprint density at radius 2 is 0.800 bits per heavy atom. The zero-order valence-corrected chi connectivity index (χ0v) is 11.4. The summed E-state index contributed by atoms with van der Waals surface area (Å²) < 4.78 is 109. The van der Waals surface area contributed by atoms with Crippen molar-refractivity contribution in [3.63, 3.8) is 0 Å². The first-order valence-corrected chi connectivity index (χ1v) is 5.98. The summed E-state index contributed by atoms with van der Waals surface area (Å²) in [4.78, 5) is 23.0. The van der Waals surface area contributed by atoms with E-state index < -0.39 is 69.6 Å². The van der Waals surface area contributed by atoms with Gasteiger partial charge in [0.1, 0.15) is 11.1 Å². The molecule has 0 fully saturated rings. The van der Waals surface area contributed by atoms with Crippen molar-refractivity contribution >= 4 is 11.9 Å². The maximum atomic E-state index is 13.4. The summed E-state index contributed by atoms with van der Waals surface area (Å²) in [6, 6.07) is -0.519. The highest BCUT2D eigenvalue weighted by Crippen LogP contribution is 2.23. The predicted molar refractivity (Wildman–Crippen MR) is 62.3 cm³/mol. The SMILES string of the molecule is O=C(OC(=O)c1c(F)c(F)cc(F)c1F)c1c(F)c(F)cc(F)c1F. The fraction of sp³-hybridized carbons (Fsp3) is 0. The number of rotatable bonds is 2. The van der Waals surface area contributed by atoms with E-state index >= 15 is 0 Å². The fourth-order valence-corrected chi connectivity index (χ4v) is 1.69. The highest BCUT2D eigenvalue weighted by molar-refractivity contribution is 6.03. The second-order valence-corrected chi connectivity index (χ2v) is 4.36. The van der Waals surface area contributed by atoms with Crippen LogP contribution in [0.2, 0.25) is 0 Å². The summed E-state index contributed by atoms with van der Waals surface area (Å²) >= 11 is 0. The van der Waals surface area contributed by atoms with Gasteiger partial charge in [-0.15, -0.1) is 0 Å². The van der Waals surface area contributed by atoms with Crippen molar-refractivity contribution in [1.29, 1.82) is 0 Å². The smallest absolute Gasteiger partial charge is 0.352 e. The number of benzene rings is 2. The molecule has 0 amide bonds. The first kappa shape index (κ1) is 18.4. The minimum atomic E-state index is -2.39. The fourth-order valence-electron chi connectivity index (χ4n) is 1.69. The quantitative estimate of drug-likeness (QED) is 0.350. The second-order valence-electron chi connectivity index (χ2n) is 4.36. The number of hydrogen-bond donors (Lipinski definition) is 0. The lowest BCUT2D eigenvalue weighted by atomic mass is 10.1. The van der Waals surface area contributed by atoms with E-state index in [1.165, 1.54) is 0 Å². The van der Waals surface area contributed by atoms with Gasteiger partial charge in [0.05, 0.1) is 0 Å². The molecule has 0 spiro atoms. The lowest BCUT2D eigenvalue weighted by Crippen LogP contribution is -2.20. The standard InChI is InChI=1S/C14H2F8O3/c15-3-1-4(16)10(20)7(9(3)19)13(23)25-14(24)8-11(21)5(17)2-6(18)12(8)22/h1-2H. The van der Waals surface area contributed by atoms with Gasteiger partial charge in [-0.25, -0.2) is 44.7 Å². The van der Waals surface area contributed by atoms with Crippen molar-refractivity contribution in [2.75, 3.05) is 0 Å². The van der Waals surface area contributed by atoms with Crippen LogP contribution in [0.25, 0.3) is 0 Å². The second kappa shape index (κ2) is 6.49. The maximum Gasteiger partial charge on any atom is 0.352 e. The van der Waals surface area contributed by atoms with Crippen molar-refractivity contribution in [3.05, 3.63) is 69.8 Å². The molecule has 0 unspecified atom stereocenters. The summed E-state index contributed by atoms with van der Waals surface area (Å²) in [6.45, 7) is 0. The van der Waals surface area contributed by atoms with Crippen LogP contribution < -0.4 is 0 Å². The van der Waals surface area contributed by atoms with Gasteiger partial charge in [-0.05, 0) is 0 Å². The molecular formula is C14H2F8O3. The number of hydrogen-bond acceptors (Lipinski definition) is 3. The first-order valence-electron chi connectivity index (χ1n) is 5.98. The molecule has 2 rings (SSSR count). The van der Waals surface area contributed by atoms with E-state index in [0.29, 0.717) is 0 Å². The predicted octanol–water partition coefficient (Wildman–Crippen LogP) is 3.80. The third kappa shape index (κ3) is 3.16. The van der Waals surface area contributed by atoms with Crippen LogP contribution in [0, 0.1) is 46.5 Å². The average Bonchev–Trinajstić information content (AvgIpc) is 2.51. The van der Waals surface area contributed by atoms with Crippen LogP contribution in [-0.2, 0) is 4.74 Å². The van der Waals surface area contributed by atoms with E-state index in [1.54, 1.807) is 0 Å². The highest BCUT2D eigenvalue weighted by Gasteiger charge is 2.31. The molecule has 3 nitrogen and oxygen atoms in total. The zero-order chi connectivity index (χ0) is 19.0. The molecule has 0 atom stereocenters. The molecule has 0 bridgehead atoms. The summed E-state index contributed by atoms with van der Waals surface area (Å²) in [6.07, 6.45) is 0. The Kier molecular flexibility index (Phi) is 4.77. The molecule has 0 aliphatic heterocycles. The van der Waals surface area contributed by atoms with E-state index in [4.69, 9.17) is 0 Å². The molecule has 0 aromatic heterocycles. The van der Waals surface area contributed by atoms with Crippen LogP contribution in [0.1, 0.15) is 20.7 Å². The van der Waals surface area contributed by atoms with Gasteiger partial charge >= 0.3 is 11.9 Å². The molecule has 2 aromatic carbocycles. The topological polar surface area (TPSA) is 43.4 Å². The summed E-state index contributed by atoms with van der Waals surface area (Å²) in [5, 5.41) is 0. The van der Waals surface area contributed by atoms with Crippen LogP contribution in [0.3, 0.4) is 0 Å². The summed E-state index contributed by atoms with van der Waals surface area (Å²) in [5.41, 5.74) is -4.05. The van der Waals surface area contributed by atoms with Crippen LogP contribution in [-0.4, -0.2) is 11.9 Å². The van der Waals surface area contributed by atoms with Crippen molar-refractivity contribution < 1.29 is 49.4 Å². The van der Waals surface area contributed by atoms with Crippen LogP contribution in [0.5, 0.6) is 0 Å². The van der Waals surface area contributed by atoms with Crippen LogP contribution in [0.4, 0.5) is 35.1 Å². The van der Waals surface area contributed by atoms with Gasteiger partial charge in [0.2, 0.25) is 0 Å². The third-order valence-electron chi connectivity index (χ3n) is 2.82. The Balaban J connectivity index is 2.46. The van der Waals surface area contributed by atoms with Crippen molar-refractivity contribution in [2.24, 2.45) is 0 Å². The Labute approximate surface area is 132 Å². The first-order chi connectivity index (χ1) is 11.6. The van der Waals surface area contributed by atoms with Gasteiger partial charge in [-0.2, -0.15) is 0 Å². The maximum absolute atomic E-state index is 13.4. The van der Waals surface area contributed by atoms with Gasteiger partial charge in [0.25, 0.3) is 0 Å². The number of ether oxygens (including phenoxy) is 1. The monoisotopic (exact) mass is 370 g/mol. The Hall–Kier alpha value is -2.98. The van der Waals surface area contributed by atoms with Gasteiger partial charge in [0.15, 0.2) is 46.5 Å². The molecule has 0 aliphatic carbocycles. The minimum absolute atomic E-state index is 0.259. The molecule has 2 aromatic rings. The molecular weight excluding hydrogens is 368 g/mol. The Morgan fingerprint density at radius 1 is 0.560 bits per heavy atom. The molecule has 132 valence electrons. The number of carbonyl (C=O) groups excluding carboxylic acids is 2. The van der Waals surface area contributed by atoms with Gasteiger partial charge in [0, 0.05) is 12.1 Å². The third-order valence-corrected chi connectivity index (χ3v) is 2.82. The van der Waals surface area contributed by atoms with Crippen molar-refractivity contribution in [3.8, 4) is 0 Å². The summed E-state index contributed by atoms with van der Waals surface area (Å²) in [7, 11) is 0. The van der Waals surface area contributed by atoms with Crippen molar-refractivity contribution in [1.82, 2.24) is 0 Å². The van der Waals surface area contributed by atoms with E-state index in [0.717, 1.165) is 0 Å².